The van der Waals surface area contributed by atoms with E-state index in [2.05, 4.69) is 28.3 Å². The molecule has 1 radical (unpaired) electrons. The van der Waals surface area contributed by atoms with Crippen LogP contribution in [0.3, 0.4) is 0 Å². The number of fused-ring (bicyclic) bond motifs is 1. The van der Waals surface area contributed by atoms with E-state index in [1.54, 1.807) is 24.4 Å². The summed E-state index contributed by atoms with van der Waals surface area (Å²) in [6, 6.07) is 22.1. The van der Waals surface area contributed by atoms with Gasteiger partial charge in [-0.3, -0.25) is 4.79 Å². The summed E-state index contributed by atoms with van der Waals surface area (Å²) >= 11 is 0. The van der Waals surface area contributed by atoms with Gasteiger partial charge in [0.05, 0.1) is 0 Å². The number of rotatable bonds is 3. The molecule has 1 aromatic heterocycles. The molecular formula is C24H18N2O2Y-2. The topological polar surface area (TPSA) is 51.5 Å². The summed E-state index contributed by atoms with van der Waals surface area (Å²) in [4.78, 5) is 19.7. The second-order valence-corrected chi connectivity index (χ2v) is 6.41. The monoisotopic (exact) mass is 455 g/mol. The van der Waals surface area contributed by atoms with Crippen LogP contribution in [0.2, 0.25) is 0 Å². The summed E-state index contributed by atoms with van der Waals surface area (Å²) < 4.78 is 5.77. The van der Waals surface area contributed by atoms with Crippen molar-refractivity contribution < 1.29 is 42.2 Å². The number of hydrogen-bond acceptors (Lipinski definition) is 4. The molecule has 1 aliphatic carbocycles. The predicted octanol–water partition coefficient (Wildman–Crippen LogP) is 5.24. The van der Waals surface area contributed by atoms with Gasteiger partial charge in [-0.2, -0.15) is 24.4 Å². The fourth-order valence-corrected chi connectivity index (χ4v) is 3.06. The van der Waals surface area contributed by atoms with Crippen molar-refractivity contribution in [2.75, 3.05) is 0 Å². The van der Waals surface area contributed by atoms with Crippen LogP contribution in [0.5, 0.6) is 11.6 Å². The van der Waals surface area contributed by atoms with Crippen molar-refractivity contribution in [2.45, 2.75) is 19.3 Å². The van der Waals surface area contributed by atoms with Crippen LogP contribution in [0.4, 0.5) is 5.69 Å². The molecular weight excluding hydrogens is 437 g/mol. The molecule has 0 unspecified atom stereocenters. The maximum atomic E-state index is 11.4. The average Bonchev–Trinajstić information content (AvgIpc) is 3.38. The molecule has 3 aromatic rings. The van der Waals surface area contributed by atoms with Gasteiger partial charge in [0.2, 0.25) is 5.88 Å². The van der Waals surface area contributed by atoms with Crippen LogP contribution in [0.1, 0.15) is 24.0 Å². The van der Waals surface area contributed by atoms with Gasteiger partial charge in [-0.15, -0.1) is 23.8 Å². The van der Waals surface area contributed by atoms with E-state index < -0.39 is 0 Å². The number of para-hydroxylation sites is 1. The number of ether oxygens (including phenoxy) is 1. The van der Waals surface area contributed by atoms with Gasteiger partial charge in [-0.05, 0) is 30.2 Å². The second kappa shape index (κ2) is 10.4. The molecule has 0 amide bonds. The molecule has 5 heteroatoms. The third-order valence-electron chi connectivity index (χ3n) is 4.46. The van der Waals surface area contributed by atoms with Crippen LogP contribution in [0.25, 0.3) is 5.57 Å². The molecule has 0 fully saturated rings. The molecule has 0 N–H and O–H groups in total. The van der Waals surface area contributed by atoms with Crippen molar-refractivity contribution in [2.24, 2.45) is 4.99 Å². The molecule has 5 rings (SSSR count). The summed E-state index contributed by atoms with van der Waals surface area (Å²) in [6.07, 6.45) is 8.49. The molecule has 2 aromatic carbocycles. The van der Waals surface area contributed by atoms with Crippen molar-refractivity contribution in [3.63, 3.8) is 0 Å². The van der Waals surface area contributed by atoms with E-state index in [0.29, 0.717) is 18.1 Å². The minimum Gasteiger partial charge on any atom is -0.465 e. The molecule has 4 nitrogen and oxygen atoms in total. The number of nitrogens with zero attached hydrogens (tertiary/aromatic N) is 2. The predicted molar refractivity (Wildman–Crippen MR) is 109 cm³/mol. The zero-order chi connectivity index (χ0) is 19.2. The van der Waals surface area contributed by atoms with Crippen molar-refractivity contribution in [3.05, 3.63) is 90.1 Å². The van der Waals surface area contributed by atoms with Crippen LogP contribution in [-0.2, 0) is 43.9 Å². The number of carbonyl (C=O) groups is 1. The molecule has 0 bridgehead atoms. The zero-order valence-corrected chi connectivity index (χ0v) is 18.7. The molecule has 0 spiro atoms. The number of allylic oxidation sites excluding steroid dienone is 2. The number of benzene rings is 2. The third kappa shape index (κ3) is 5.56. The van der Waals surface area contributed by atoms with Gasteiger partial charge in [0.1, 0.15) is 0 Å². The summed E-state index contributed by atoms with van der Waals surface area (Å²) in [5.74, 6) is 1.41. The van der Waals surface area contributed by atoms with E-state index in [1.807, 2.05) is 42.5 Å². The fourth-order valence-electron chi connectivity index (χ4n) is 3.06. The van der Waals surface area contributed by atoms with Crippen LogP contribution >= 0.6 is 0 Å². The first-order valence-corrected chi connectivity index (χ1v) is 9.14. The third-order valence-corrected chi connectivity index (χ3v) is 4.46. The second-order valence-electron chi connectivity index (χ2n) is 6.41. The molecule has 0 saturated heterocycles. The summed E-state index contributed by atoms with van der Waals surface area (Å²) in [5, 5.41) is 0. The van der Waals surface area contributed by atoms with E-state index in [-0.39, 0.29) is 38.5 Å². The SMILES string of the molecule is O=C1C=C(c2cccnc2Oc2cc[c-]cc2)CC1.[C-]1=Nc2ccccc2C1.[Y]. The van der Waals surface area contributed by atoms with Gasteiger partial charge in [0.15, 0.2) is 5.78 Å². The molecule has 2 heterocycles. The van der Waals surface area contributed by atoms with Crippen molar-refractivity contribution >= 4 is 23.3 Å². The summed E-state index contributed by atoms with van der Waals surface area (Å²) in [7, 11) is 0. The molecule has 29 heavy (non-hydrogen) atoms. The Labute approximate surface area is 195 Å². The number of aromatic nitrogens is 1. The van der Waals surface area contributed by atoms with Gasteiger partial charge in [-0.25, -0.2) is 4.98 Å². The Kier molecular flexibility index (Phi) is 7.62. The molecule has 0 atom stereocenters. The van der Waals surface area contributed by atoms with E-state index in [4.69, 9.17) is 4.74 Å². The Bertz CT molecular complexity index is 1050. The van der Waals surface area contributed by atoms with E-state index in [1.165, 1.54) is 5.56 Å². The van der Waals surface area contributed by atoms with E-state index >= 15 is 0 Å². The maximum absolute atomic E-state index is 11.4. The number of carbonyl (C=O) groups excluding carboxylic acids is 1. The fraction of sp³-hybridized carbons (Fsp3) is 0.125. The van der Waals surface area contributed by atoms with Crippen LogP contribution in [-0.4, -0.2) is 17.0 Å². The van der Waals surface area contributed by atoms with E-state index in [0.717, 1.165) is 29.7 Å². The Balaban J connectivity index is 0.000000201. The van der Waals surface area contributed by atoms with Gasteiger partial charge < -0.3 is 9.73 Å². The molecule has 141 valence electrons. The molecule has 1 aliphatic heterocycles. The first-order valence-electron chi connectivity index (χ1n) is 9.14. The van der Waals surface area contributed by atoms with Gasteiger partial charge in [-0.1, -0.05) is 30.3 Å². The Morgan fingerprint density at radius 2 is 1.79 bits per heavy atom. The minimum absolute atomic E-state index is 0. The maximum Gasteiger partial charge on any atom is 0.224 e. The number of hydrogen-bond donors (Lipinski definition) is 0. The van der Waals surface area contributed by atoms with Crippen molar-refractivity contribution in [1.82, 2.24) is 4.98 Å². The van der Waals surface area contributed by atoms with Crippen molar-refractivity contribution in [1.29, 1.82) is 0 Å². The Hall–Kier alpha value is -2.43. The van der Waals surface area contributed by atoms with Crippen molar-refractivity contribution in [3.8, 4) is 11.6 Å². The Morgan fingerprint density at radius 1 is 0.966 bits per heavy atom. The zero-order valence-electron chi connectivity index (χ0n) is 15.8. The average molecular weight is 455 g/mol. The standard InChI is InChI=1S/C16H12NO2.C8H6N.Y/c18-13-9-8-12(11-13)15-7-4-10-17-16(15)19-14-5-2-1-3-6-14;1-2-4-8-7(3-1)5-6-9-8;/h2-7,10-11H,8-9H2;1-4H,5H2;/q2*-1;. The van der Waals surface area contributed by atoms with Gasteiger partial charge in [0.25, 0.3) is 0 Å². The van der Waals surface area contributed by atoms with Crippen LogP contribution in [0, 0.1) is 6.07 Å². The first kappa shape index (κ1) is 21.3. The normalized spacial score (nSPS) is 13.7. The number of ketones is 1. The summed E-state index contributed by atoms with van der Waals surface area (Å²) in [5.41, 5.74) is 4.26. The minimum atomic E-state index is 0. The van der Waals surface area contributed by atoms with Crippen LogP contribution in [0.15, 0.2) is 77.9 Å². The molecule has 0 saturated carbocycles. The quantitative estimate of drug-likeness (QED) is 0.508. The smallest absolute Gasteiger partial charge is 0.224 e. The first-order chi connectivity index (χ1) is 13.8. The summed E-state index contributed by atoms with van der Waals surface area (Å²) in [6.45, 7) is 0. The van der Waals surface area contributed by atoms with Gasteiger partial charge >= 0.3 is 0 Å². The number of aliphatic imine (C=N–C) groups is 1. The van der Waals surface area contributed by atoms with E-state index in [9.17, 15) is 4.79 Å². The molecule has 2 aliphatic rings. The Morgan fingerprint density at radius 3 is 2.55 bits per heavy atom. The number of pyridine rings is 1. The largest absolute Gasteiger partial charge is 0.465 e. The van der Waals surface area contributed by atoms with Crippen LogP contribution < -0.4 is 4.74 Å². The van der Waals surface area contributed by atoms with Gasteiger partial charge in [0, 0.05) is 56.6 Å².